The average Bonchev–Trinajstić information content (AvgIpc) is 2.54. The van der Waals surface area contributed by atoms with Crippen molar-refractivity contribution in [1.29, 1.82) is 0 Å². The van der Waals surface area contributed by atoms with Crippen LogP contribution in [0.5, 0.6) is 11.5 Å². The second-order valence-corrected chi connectivity index (χ2v) is 4.57. The van der Waals surface area contributed by atoms with Gasteiger partial charge < -0.3 is 25.6 Å². The smallest absolute Gasteiger partial charge is 0.339 e. The third kappa shape index (κ3) is 3.18. The van der Waals surface area contributed by atoms with E-state index in [-0.39, 0.29) is 28.3 Å². The van der Waals surface area contributed by atoms with E-state index in [1.165, 1.54) is 26.4 Å². The molecule has 0 spiro atoms. The van der Waals surface area contributed by atoms with Gasteiger partial charge in [0.2, 0.25) is 0 Å². The number of methoxy groups -OCH3 is 2. The maximum absolute atomic E-state index is 12.4. The van der Waals surface area contributed by atoms with Gasteiger partial charge in [-0.15, -0.1) is 0 Å². The summed E-state index contributed by atoms with van der Waals surface area (Å²) >= 11 is 0. The Morgan fingerprint density at radius 3 is 2.22 bits per heavy atom. The minimum absolute atomic E-state index is 0.0511. The first-order valence-corrected chi connectivity index (χ1v) is 6.63. The lowest BCUT2D eigenvalue weighted by molar-refractivity contribution is 0.0693. The van der Waals surface area contributed by atoms with Crippen molar-refractivity contribution in [2.45, 2.75) is 0 Å². The standard InChI is InChI=1S/C16H16N2O5/c1-22-13-9(5-3-7-11(13)17)15(19)18-12-8-4-6-10(16(20)21)14(12)23-2/h3-8H,17H2,1-2H3,(H,18,19)(H,20,21). The van der Waals surface area contributed by atoms with Crippen LogP contribution in [0.15, 0.2) is 36.4 Å². The van der Waals surface area contributed by atoms with Crippen LogP contribution >= 0.6 is 0 Å². The first kappa shape index (κ1) is 16.2. The number of nitrogens with two attached hydrogens (primary N) is 1. The van der Waals surface area contributed by atoms with Crippen molar-refractivity contribution in [1.82, 2.24) is 0 Å². The zero-order chi connectivity index (χ0) is 17.0. The number of carboxylic acids is 1. The van der Waals surface area contributed by atoms with Crippen molar-refractivity contribution >= 4 is 23.3 Å². The molecule has 0 bridgehead atoms. The monoisotopic (exact) mass is 316 g/mol. The van der Waals surface area contributed by atoms with Crippen molar-refractivity contribution in [3.63, 3.8) is 0 Å². The number of ether oxygens (including phenoxy) is 2. The van der Waals surface area contributed by atoms with Crippen LogP contribution in [-0.2, 0) is 0 Å². The summed E-state index contributed by atoms with van der Waals surface area (Å²) < 4.78 is 10.2. The lowest BCUT2D eigenvalue weighted by atomic mass is 10.1. The Balaban J connectivity index is 2.40. The highest BCUT2D eigenvalue weighted by Crippen LogP contribution is 2.31. The molecule has 23 heavy (non-hydrogen) atoms. The fourth-order valence-corrected chi connectivity index (χ4v) is 2.17. The van der Waals surface area contributed by atoms with Gasteiger partial charge in [0, 0.05) is 0 Å². The molecule has 2 aromatic rings. The second kappa shape index (κ2) is 6.69. The first-order valence-electron chi connectivity index (χ1n) is 6.63. The summed E-state index contributed by atoms with van der Waals surface area (Å²) in [5.74, 6) is -1.33. The molecule has 0 aliphatic heterocycles. The van der Waals surface area contributed by atoms with Gasteiger partial charge in [0.15, 0.2) is 11.5 Å². The van der Waals surface area contributed by atoms with Crippen LogP contribution in [-0.4, -0.2) is 31.2 Å². The molecule has 2 aromatic carbocycles. The van der Waals surface area contributed by atoms with Crippen LogP contribution in [0.2, 0.25) is 0 Å². The summed E-state index contributed by atoms with van der Waals surface area (Å²) in [6.07, 6.45) is 0. The molecule has 4 N–H and O–H groups in total. The van der Waals surface area contributed by atoms with E-state index in [2.05, 4.69) is 5.32 Å². The molecule has 0 fully saturated rings. The van der Waals surface area contributed by atoms with E-state index in [0.717, 1.165) is 0 Å². The zero-order valence-electron chi connectivity index (χ0n) is 12.6. The third-order valence-electron chi connectivity index (χ3n) is 3.19. The number of nitrogens with one attached hydrogen (secondary N) is 1. The lowest BCUT2D eigenvalue weighted by Crippen LogP contribution is -2.15. The Kier molecular flexibility index (Phi) is 4.70. The maximum atomic E-state index is 12.4. The predicted molar refractivity (Wildman–Crippen MR) is 85.3 cm³/mol. The highest BCUT2D eigenvalue weighted by molar-refractivity contribution is 6.08. The van der Waals surface area contributed by atoms with Gasteiger partial charge in [0.1, 0.15) is 5.56 Å². The quantitative estimate of drug-likeness (QED) is 0.730. The fourth-order valence-electron chi connectivity index (χ4n) is 2.17. The van der Waals surface area contributed by atoms with Gasteiger partial charge in [-0.1, -0.05) is 12.1 Å². The Labute approximate surface area is 132 Å². The number of amides is 1. The third-order valence-corrected chi connectivity index (χ3v) is 3.19. The fraction of sp³-hybridized carbons (Fsp3) is 0.125. The van der Waals surface area contributed by atoms with Crippen LogP contribution in [0, 0.1) is 0 Å². The van der Waals surface area contributed by atoms with E-state index in [0.29, 0.717) is 5.69 Å². The number of hydrogen-bond donors (Lipinski definition) is 3. The van der Waals surface area contributed by atoms with Crippen molar-refractivity contribution in [2.24, 2.45) is 0 Å². The Morgan fingerprint density at radius 1 is 1.00 bits per heavy atom. The molecular weight excluding hydrogens is 300 g/mol. The summed E-state index contributed by atoms with van der Waals surface area (Å²) in [5, 5.41) is 11.8. The molecule has 7 nitrogen and oxygen atoms in total. The molecule has 0 aliphatic carbocycles. The Bertz CT molecular complexity index is 758. The van der Waals surface area contributed by atoms with E-state index in [9.17, 15) is 9.59 Å². The Morgan fingerprint density at radius 2 is 1.61 bits per heavy atom. The number of para-hydroxylation sites is 2. The molecule has 0 heterocycles. The summed E-state index contributed by atoms with van der Waals surface area (Å²) in [6, 6.07) is 9.23. The molecule has 120 valence electrons. The normalized spacial score (nSPS) is 10.0. The van der Waals surface area contributed by atoms with Crippen molar-refractivity contribution in [2.75, 3.05) is 25.3 Å². The molecule has 0 saturated heterocycles. The number of aromatic carboxylic acids is 1. The molecule has 0 aliphatic rings. The highest BCUT2D eigenvalue weighted by Gasteiger charge is 2.19. The van der Waals surface area contributed by atoms with Crippen LogP contribution in [0.3, 0.4) is 0 Å². The van der Waals surface area contributed by atoms with Crippen LogP contribution in [0.4, 0.5) is 11.4 Å². The molecule has 0 saturated carbocycles. The summed E-state index contributed by atoms with van der Waals surface area (Å²) in [4.78, 5) is 23.7. The van der Waals surface area contributed by atoms with Gasteiger partial charge in [-0.05, 0) is 24.3 Å². The molecular formula is C16H16N2O5. The summed E-state index contributed by atoms with van der Waals surface area (Å²) in [5.41, 5.74) is 6.52. The molecule has 7 heteroatoms. The van der Waals surface area contributed by atoms with Crippen molar-refractivity contribution < 1.29 is 24.2 Å². The highest BCUT2D eigenvalue weighted by atomic mass is 16.5. The van der Waals surface area contributed by atoms with E-state index in [1.54, 1.807) is 24.3 Å². The van der Waals surface area contributed by atoms with E-state index < -0.39 is 11.9 Å². The van der Waals surface area contributed by atoms with Crippen LogP contribution in [0.25, 0.3) is 0 Å². The summed E-state index contributed by atoms with van der Waals surface area (Å²) in [6.45, 7) is 0. The van der Waals surface area contributed by atoms with Gasteiger partial charge >= 0.3 is 5.97 Å². The Hall–Kier alpha value is -3.22. The topological polar surface area (TPSA) is 111 Å². The minimum atomic E-state index is -1.15. The summed E-state index contributed by atoms with van der Waals surface area (Å²) in [7, 11) is 2.74. The maximum Gasteiger partial charge on any atom is 0.339 e. The molecule has 0 unspecified atom stereocenters. The largest absolute Gasteiger partial charge is 0.494 e. The molecule has 0 radical (unpaired) electrons. The molecule has 0 atom stereocenters. The van der Waals surface area contributed by atoms with E-state index in [1.807, 2.05) is 0 Å². The molecule has 2 rings (SSSR count). The van der Waals surface area contributed by atoms with Gasteiger partial charge in [-0.25, -0.2) is 4.79 Å². The minimum Gasteiger partial charge on any atom is -0.494 e. The van der Waals surface area contributed by atoms with Crippen molar-refractivity contribution in [3.05, 3.63) is 47.5 Å². The number of carbonyl (C=O) groups is 2. The van der Waals surface area contributed by atoms with Gasteiger partial charge in [0.05, 0.1) is 31.2 Å². The SMILES string of the molecule is COc1c(N)cccc1C(=O)Nc1cccc(C(=O)O)c1OC. The number of rotatable bonds is 5. The van der Waals surface area contributed by atoms with Gasteiger partial charge in [-0.2, -0.15) is 0 Å². The zero-order valence-corrected chi connectivity index (χ0v) is 12.6. The number of benzene rings is 2. The van der Waals surface area contributed by atoms with Gasteiger partial charge in [0.25, 0.3) is 5.91 Å². The molecule has 1 amide bonds. The van der Waals surface area contributed by atoms with E-state index >= 15 is 0 Å². The number of carbonyl (C=O) groups excluding carboxylic acids is 1. The van der Waals surface area contributed by atoms with Crippen molar-refractivity contribution in [3.8, 4) is 11.5 Å². The first-order chi connectivity index (χ1) is 11.0. The molecule has 0 aromatic heterocycles. The average molecular weight is 316 g/mol. The number of nitrogen functional groups attached to an aromatic ring is 1. The lowest BCUT2D eigenvalue weighted by Gasteiger charge is -2.14. The van der Waals surface area contributed by atoms with Crippen LogP contribution in [0.1, 0.15) is 20.7 Å². The number of carboxylic acid groups (broad SMARTS) is 1. The predicted octanol–water partition coefficient (Wildman–Crippen LogP) is 2.24. The van der Waals surface area contributed by atoms with E-state index in [4.69, 9.17) is 20.3 Å². The second-order valence-electron chi connectivity index (χ2n) is 4.57. The van der Waals surface area contributed by atoms with Gasteiger partial charge in [-0.3, -0.25) is 4.79 Å². The number of hydrogen-bond acceptors (Lipinski definition) is 5. The van der Waals surface area contributed by atoms with Crippen LogP contribution < -0.4 is 20.5 Å². The number of anilines is 2.